The zero-order valence-corrected chi connectivity index (χ0v) is 12.4. The second-order valence-corrected chi connectivity index (χ2v) is 6.12. The molecule has 2 aromatic carbocycles. The average molecular weight is 269 g/mol. The van der Waals surface area contributed by atoms with E-state index in [0.717, 1.165) is 18.9 Å². The summed E-state index contributed by atoms with van der Waals surface area (Å²) in [6, 6.07) is 13.6. The lowest BCUT2D eigenvalue weighted by atomic mass is 10.0. The molecule has 1 saturated carbocycles. The normalized spacial score (nSPS) is 14.9. The van der Waals surface area contributed by atoms with Crippen molar-refractivity contribution in [3.63, 3.8) is 0 Å². The number of nitrogens with one attached hydrogen (secondary N) is 1. The summed E-state index contributed by atoms with van der Waals surface area (Å²) in [6.45, 7) is 6.04. The highest BCUT2D eigenvalue weighted by Crippen LogP contribution is 2.29. The Bertz CT molecular complexity index is 587. The molecule has 0 saturated heterocycles. The third-order valence-electron chi connectivity index (χ3n) is 3.71. The van der Waals surface area contributed by atoms with Crippen molar-refractivity contribution in [2.45, 2.75) is 39.3 Å². The van der Waals surface area contributed by atoms with Crippen molar-refractivity contribution >= 4 is 10.8 Å². The van der Waals surface area contributed by atoms with Gasteiger partial charge in [-0.05, 0) is 35.6 Å². The van der Waals surface area contributed by atoms with Crippen LogP contribution >= 0.6 is 0 Å². The molecule has 0 heterocycles. The zero-order valence-electron chi connectivity index (χ0n) is 12.4. The summed E-state index contributed by atoms with van der Waals surface area (Å²) in [4.78, 5) is 0. The predicted molar refractivity (Wildman–Crippen MR) is 84.1 cm³/mol. The van der Waals surface area contributed by atoms with E-state index in [-0.39, 0.29) is 0 Å². The molecular formula is C18H23NO. The zero-order chi connectivity index (χ0) is 13.9. The summed E-state index contributed by atoms with van der Waals surface area (Å²) in [6.07, 6.45) is 2.62. The molecule has 1 aliphatic rings. The van der Waals surface area contributed by atoms with Crippen molar-refractivity contribution in [2.75, 3.05) is 6.61 Å². The first-order valence-corrected chi connectivity index (χ1v) is 7.61. The number of benzene rings is 2. The number of fused-ring (bicyclic) bond motifs is 1. The second kappa shape index (κ2) is 5.84. The number of rotatable bonds is 6. The fourth-order valence-corrected chi connectivity index (χ4v) is 2.42. The van der Waals surface area contributed by atoms with Gasteiger partial charge in [-0.1, -0.05) is 44.2 Å². The van der Waals surface area contributed by atoms with Gasteiger partial charge in [0.15, 0.2) is 0 Å². The van der Waals surface area contributed by atoms with Gasteiger partial charge >= 0.3 is 0 Å². The van der Waals surface area contributed by atoms with E-state index in [1.165, 1.54) is 29.2 Å². The summed E-state index contributed by atoms with van der Waals surface area (Å²) in [5, 5.41) is 6.21. The van der Waals surface area contributed by atoms with Gasteiger partial charge in [0.25, 0.3) is 0 Å². The molecule has 1 N–H and O–H groups in total. The van der Waals surface area contributed by atoms with Crippen molar-refractivity contribution in [3.8, 4) is 5.75 Å². The smallest absolute Gasteiger partial charge is 0.124 e. The maximum Gasteiger partial charge on any atom is 0.124 e. The van der Waals surface area contributed by atoms with Gasteiger partial charge in [-0.2, -0.15) is 0 Å². The summed E-state index contributed by atoms with van der Waals surface area (Å²) in [5.41, 5.74) is 1.30. The SMILES string of the molecule is CC(C)COc1ccc2ccccc2c1CNC1CC1. The van der Waals surface area contributed by atoms with Crippen LogP contribution in [0.25, 0.3) is 10.8 Å². The Morgan fingerprint density at radius 2 is 1.95 bits per heavy atom. The van der Waals surface area contributed by atoms with Crippen LogP contribution in [0.1, 0.15) is 32.3 Å². The molecule has 2 nitrogen and oxygen atoms in total. The van der Waals surface area contributed by atoms with E-state index in [9.17, 15) is 0 Å². The first-order chi connectivity index (χ1) is 9.74. The number of hydrogen-bond donors (Lipinski definition) is 1. The quantitative estimate of drug-likeness (QED) is 0.851. The molecule has 2 aromatic rings. The number of hydrogen-bond acceptors (Lipinski definition) is 2. The van der Waals surface area contributed by atoms with E-state index in [4.69, 9.17) is 4.74 Å². The maximum absolute atomic E-state index is 6.02. The second-order valence-electron chi connectivity index (χ2n) is 6.12. The highest BCUT2D eigenvalue weighted by molar-refractivity contribution is 5.87. The van der Waals surface area contributed by atoms with Crippen molar-refractivity contribution in [3.05, 3.63) is 42.0 Å². The monoisotopic (exact) mass is 269 g/mol. The van der Waals surface area contributed by atoms with Gasteiger partial charge in [-0.25, -0.2) is 0 Å². The van der Waals surface area contributed by atoms with Crippen LogP contribution < -0.4 is 10.1 Å². The lowest BCUT2D eigenvalue weighted by Crippen LogP contribution is -2.17. The third-order valence-corrected chi connectivity index (χ3v) is 3.71. The maximum atomic E-state index is 6.02. The minimum Gasteiger partial charge on any atom is -0.493 e. The van der Waals surface area contributed by atoms with Gasteiger partial charge in [0, 0.05) is 18.2 Å². The number of ether oxygens (including phenoxy) is 1. The summed E-state index contributed by atoms with van der Waals surface area (Å²) >= 11 is 0. The molecular weight excluding hydrogens is 246 g/mol. The summed E-state index contributed by atoms with van der Waals surface area (Å²) in [7, 11) is 0. The van der Waals surface area contributed by atoms with Crippen LogP contribution in [0.4, 0.5) is 0 Å². The molecule has 3 rings (SSSR count). The molecule has 1 fully saturated rings. The largest absolute Gasteiger partial charge is 0.493 e. The molecule has 20 heavy (non-hydrogen) atoms. The highest BCUT2D eigenvalue weighted by atomic mass is 16.5. The van der Waals surface area contributed by atoms with Gasteiger partial charge in [0.1, 0.15) is 5.75 Å². The van der Waals surface area contributed by atoms with Crippen LogP contribution in [-0.2, 0) is 6.54 Å². The Labute approximate surface area is 121 Å². The molecule has 0 radical (unpaired) electrons. The highest BCUT2D eigenvalue weighted by Gasteiger charge is 2.21. The van der Waals surface area contributed by atoms with E-state index in [1.54, 1.807) is 0 Å². The third kappa shape index (κ3) is 3.13. The van der Waals surface area contributed by atoms with E-state index in [2.05, 4.69) is 55.6 Å². The molecule has 1 aliphatic carbocycles. The van der Waals surface area contributed by atoms with Crippen LogP contribution in [0.3, 0.4) is 0 Å². The average Bonchev–Trinajstić information content (AvgIpc) is 3.27. The van der Waals surface area contributed by atoms with Gasteiger partial charge in [-0.15, -0.1) is 0 Å². The van der Waals surface area contributed by atoms with Crippen molar-refractivity contribution in [2.24, 2.45) is 5.92 Å². The lowest BCUT2D eigenvalue weighted by Gasteiger charge is -2.16. The van der Waals surface area contributed by atoms with Crippen molar-refractivity contribution < 1.29 is 4.74 Å². The fraction of sp³-hybridized carbons (Fsp3) is 0.444. The Morgan fingerprint density at radius 3 is 2.70 bits per heavy atom. The van der Waals surface area contributed by atoms with Crippen molar-refractivity contribution in [1.29, 1.82) is 0 Å². The minimum absolute atomic E-state index is 0.547. The van der Waals surface area contributed by atoms with Crippen LogP contribution in [0, 0.1) is 5.92 Å². The Hall–Kier alpha value is -1.54. The molecule has 106 valence electrons. The molecule has 0 atom stereocenters. The Kier molecular flexibility index (Phi) is 3.93. The predicted octanol–water partition coefficient (Wildman–Crippen LogP) is 4.13. The molecule has 0 unspecified atom stereocenters. The molecule has 0 spiro atoms. The first-order valence-electron chi connectivity index (χ1n) is 7.61. The van der Waals surface area contributed by atoms with Crippen LogP contribution in [0.5, 0.6) is 5.75 Å². The Balaban J connectivity index is 1.91. The van der Waals surface area contributed by atoms with Gasteiger partial charge in [0.2, 0.25) is 0 Å². The van der Waals surface area contributed by atoms with E-state index in [0.29, 0.717) is 12.0 Å². The Morgan fingerprint density at radius 1 is 1.15 bits per heavy atom. The van der Waals surface area contributed by atoms with Crippen LogP contribution in [-0.4, -0.2) is 12.6 Å². The first kappa shape index (κ1) is 13.4. The van der Waals surface area contributed by atoms with Crippen LogP contribution in [0.15, 0.2) is 36.4 Å². The van der Waals surface area contributed by atoms with Crippen LogP contribution in [0.2, 0.25) is 0 Å². The van der Waals surface area contributed by atoms with Gasteiger partial charge in [-0.3, -0.25) is 0 Å². The van der Waals surface area contributed by atoms with E-state index < -0.39 is 0 Å². The molecule has 0 amide bonds. The molecule has 2 heteroatoms. The minimum atomic E-state index is 0.547. The van der Waals surface area contributed by atoms with E-state index in [1.807, 2.05) is 0 Å². The standard InChI is InChI=1S/C18H23NO/c1-13(2)12-20-18-10-7-14-5-3-4-6-16(14)17(18)11-19-15-8-9-15/h3-7,10,13,15,19H,8-9,11-12H2,1-2H3. The van der Waals surface area contributed by atoms with Crippen molar-refractivity contribution in [1.82, 2.24) is 5.32 Å². The van der Waals surface area contributed by atoms with E-state index >= 15 is 0 Å². The fourth-order valence-electron chi connectivity index (χ4n) is 2.42. The molecule has 0 aromatic heterocycles. The topological polar surface area (TPSA) is 21.3 Å². The van der Waals surface area contributed by atoms with Gasteiger partial charge < -0.3 is 10.1 Å². The molecule has 0 aliphatic heterocycles. The van der Waals surface area contributed by atoms with Gasteiger partial charge in [0.05, 0.1) is 6.61 Å². The lowest BCUT2D eigenvalue weighted by molar-refractivity contribution is 0.268. The molecule has 0 bridgehead atoms. The summed E-state index contributed by atoms with van der Waals surface area (Å²) in [5.74, 6) is 1.58. The summed E-state index contributed by atoms with van der Waals surface area (Å²) < 4.78 is 6.02.